The van der Waals surface area contributed by atoms with Gasteiger partial charge in [0.05, 0.1) is 45.9 Å². The fraction of sp³-hybridized carbons (Fsp3) is 0.500. The van der Waals surface area contributed by atoms with Gasteiger partial charge in [-0.2, -0.15) is 0 Å². The minimum Gasteiger partial charge on any atom is -0.506 e. The largest absolute Gasteiger partial charge is 0.506 e. The fourth-order valence-electron chi connectivity index (χ4n) is 3.34. The summed E-state index contributed by atoms with van der Waals surface area (Å²) in [6.45, 7) is 7.52. The van der Waals surface area contributed by atoms with Crippen LogP contribution in [0.2, 0.25) is 0 Å². The van der Waals surface area contributed by atoms with Crippen LogP contribution in [0.3, 0.4) is 0 Å². The molecule has 2 aromatic rings. The fourth-order valence-corrected chi connectivity index (χ4v) is 3.34. The number of carbonyl (C=O) groups excluding carboxylic acids is 1. The van der Waals surface area contributed by atoms with Crippen LogP contribution in [0.5, 0.6) is 17.2 Å². The lowest BCUT2D eigenvalue weighted by molar-refractivity contribution is -0.898. The van der Waals surface area contributed by atoms with E-state index < -0.39 is 11.5 Å². The Morgan fingerprint density at radius 1 is 1.11 bits per heavy atom. The summed E-state index contributed by atoms with van der Waals surface area (Å²) in [4.78, 5) is 29.0. The molecule has 0 bridgehead atoms. The van der Waals surface area contributed by atoms with Gasteiger partial charge in [-0.25, -0.2) is 0 Å². The number of ether oxygens (including phenoxy) is 2. The van der Waals surface area contributed by atoms with E-state index >= 15 is 0 Å². The van der Waals surface area contributed by atoms with Gasteiger partial charge in [0.15, 0.2) is 11.5 Å². The Hall–Kier alpha value is -2.74. The van der Waals surface area contributed by atoms with Crippen LogP contribution in [0.4, 0.5) is 0 Å². The van der Waals surface area contributed by atoms with Crippen LogP contribution in [0, 0.1) is 0 Å². The monoisotopic (exact) mass is 392 g/mol. The van der Waals surface area contributed by atoms with Crippen molar-refractivity contribution in [2.45, 2.75) is 26.7 Å². The van der Waals surface area contributed by atoms with E-state index in [1.54, 1.807) is 6.07 Å². The van der Waals surface area contributed by atoms with Crippen LogP contribution in [-0.2, 0) is 0 Å². The molecule has 8 nitrogen and oxygen atoms in total. The number of H-pyrrole nitrogens is 1. The van der Waals surface area contributed by atoms with Gasteiger partial charge in [-0.3, -0.25) is 9.59 Å². The Morgan fingerprint density at radius 2 is 1.71 bits per heavy atom. The van der Waals surface area contributed by atoms with Crippen LogP contribution >= 0.6 is 0 Å². The van der Waals surface area contributed by atoms with Crippen molar-refractivity contribution in [3.63, 3.8) is 0 Å². The van der Waals surface area contributed by atoms with Crippen LogP contribution < -0.4 is 25.2 Å². The summed E-state index contributed by atoms with van der Waals surface area (Å²) < 4.78 is 10.4. The third-order valence-corrected chi connectivity index (χ3v) is 4.69. The quantitative estimate of drug-likeness (QED) is 0.476. The number of carbonyl (C=O) groups is 1. The third kappa shape index (κ3) is 4.75. The molecule has 0 saturated heterocycles. The maximum absolute atomic E-state index is 12.5. The minimum atomic E-state index is -0.652. The van der Waals surface area contributed by atoms with Crippen molar-refractivity contribution in [1.82, 2.24) is 10.3 Å². The number of fused-ring (bicyclic) bond motifs is 1. The molecule has 0 spiro atoms. The zero-order valence-corrected chi connectivity index (χ0v) is 17.0. The lowest BCUT2D eigenvalue weighted by atomic mass is 10.1. The summed E-state index contributed by atoms with van der Waals surface area (Å²) in [6.07, 6.45) is 2.14. The van der Waals surface area contributed by atoms with E-state index in [1.165, 1.54) is 25.2 Å². The van der Waals surface area contributed by atoms with E-state index in [4.69, 9.17) is 9.47 Å². The molecule has 8 heteroatoms. The predicted octanol–water partition coefficient (Wildman–Crippen LogP) is 0.686. The molecule has 0 atom stereocenters. The molecule has 0 aliphatic rings. The number of rotatable bonds is 10. The van der Waals surface area contributed by atoms with Gasteiger partial charge in [-0.1, -0.05) is 13.8 Å². The maximum atomic E-state index is 12.5. The number of benzene rings is 1. The van der Waals surface area contributed by atoms with E-state index in [0.29, 0.717) is 28.9 Å². The number of nitrogens with one attached hydrogen (secondary N) is 3. The molecule has 2 rings (SSSR count). The number of hydrogen-bond donors (Lipinski definition) is 4. The molecule has 1 heterocycles. The molecule has 0 fully saturated rings. The smallest absolute Gasteiger partial charge is 0.265 e. The highest BCUT2D eigenvalue weighted by Crippen LogP contribution is 2.35. The molecular weight excluding hydrogens is 362 g/mol. The molecular formula is C20H30N3O5+. The average Bonchev–Trinajstić information content (AvgIpc) is 2.67. The van der Waals surface area contributed by atoms with Crippen molar-refractivity contribution in [2.75, 3.05) is 40.4 Å². The average molecular weight is 392 g/mol. The molecule has 0 aliphatic heterocycles. The predicted molar refractivity (Wildman–Crippen MR) is 108 cm³/mol. The molecule has 0 aliphatic carbocycles. The lowest BCUT2D eigenvalue weighted by Gasteiger charge is -2.18. The molecule has 4 N–H and O–H groups in total. The van der Waals surface area contributed by atoms with Gasteiger partial charge in [0.2, 0.25) is 0 Å². The van der Waals surface area contributed by atoms with Crippen molar-refractivity contribution in [1.29, 1.82) is 0 Å². The number of methoxy groups -OCH3 is 2. The zero-order valence-electron chi connectivity index (χ0n) is 17.0. The first-order chi connectivity index (χ1) is 13.5. The van der Waals surface area contributed by atoms with Crippen LogP contribution in [0.1, 0.15) is 37.0 Å². The van der Waals surface area contributed by atoms with Crippen molar-refractivity contribution in [3.05, 3.63) is 28.0 Å². The SMILES string of the molecule is CCC[NH+](CCC)CCNC(=O)c1c(O)c2cc(OC)c(OC)cc2[nH]c1=O. The van der Waals surface area contributed by atoms with Gasteiger partial charge in [0, 0.05) is 11.5 Å². The Morgan fingerprint density at radius 3 is 2.29 bits per heavy atom. The van der Waals surface area contributed by atoms with Gasteiger partial charge in [-0.15, -0.1) is 0 Å². The van der Waals surface area contributed by atoms with Crippen molar-refractivity contribution < 1.29 is 24.3 Å². The van der Waals surface area contributed by atoms with Gasteiger partial charge in [-0.05, 0) is 18.9 Å². The first kappa shape index (κ1) is 21.6. The van der Waals surface area contributed by atoms with E-state index in [1.807, 2.05) is 0 Å². The summed E-state index contributed by atoms with van der Waals surface area (Å²) >= 11 is 0. The first-order valence-electron chi connectivity index (χ1n) is 9.59. The highest BCUT2D eigenvalue weighted by molar-refractivity contribution is 6.02. The topological polar surface area (TPSA) is 105 Å². The number of aromatic amines is 1. The zero-order chi connectivity index (χ0) is 20.7. The molecule has 154 valence electrons. The van der Waals surface area contributed by atoms with Crippen molar-refractivity contribution in [2.24, 2.45) is 0 Å². The highest BCUT2D eigenvalue weighted by Gasteiger charge is 2.21. The lowest BCUT2D eigenvalue weighted by Crippen LogP contribution is -3.12. The summed E-state index contributed by atoms with van der Waals surface area (Å²) in [5.74, 6) is -0.162. The Balaban J connectivity index is 2.26. The molecule has 0 radical (unpaired) electrons. The van der Waals surface area contributed by atoms with Gasteiger partial charge < -0.3 is 29.8 Å². The Labute approximate surface area is 164 Å². The van der Waals surface area contributed by atoms with E-state index in [-0.39, 0.29) is 11.3 Å². The number of amides is 1. The Kier molecular flexibility index (Phi) is 7.69. The number of quaternary nitrogens is 1. The number of aromatic hydroxyl groups is 1. The molecule has 0 unspecified atom stereocenters. The number of hydrogen-bond acceptors (Lipinski definition) is 5. The molecule has 1 amide bonds. The van der Waals surface area contributed by atoms with Crippen molar-refractivity contribution in [3.8, 4) is 17.2 Å². The molecule has 1 aromatic heterocycles. The van der Waals surface area contributed by atoms with Gasteiger partial charge in [0.1, 0.15) is 11.3 Å². The second kappa shape index (κ2) is 9.98. The normalized spacial score (nSPS) is 11.0. The van der Waals surface area contributed by atoms with Crippen LogP contribution in [0.15, 0.2) is 16.9 Å². The summed E-state index contributed by atoms with van der Waals surface area (Å²) in [7, 11) is 2.95. The summed E-state index contributed by atoms with van der Waals surface area (Å²) in [6, 6.07) is 3.08. The van der Waals surface area contributed by atoms with E-state index in [9.17, 15) is 14.7 Å². The van der Waals surface area contributed by atoms with E-state index in [0.717, 1.165) is 32.5 Å². The summed E-state index contributed by atoms with van der Waals surface area (Å²) in [5.41, 5.74) is -0.591. The second-order valence-corrected chi connectivity index (χ2v) is 6.69. The number of pyridine rings is 1. The summed E-state index contributed by atoms with van der Waals surface area (Å²) in [5, 5.41) is 13.6. The van der Waals surface area contributed by atoms with Gasteiger partial charge in [0.25, 0.3) is 11.5 Å². The highest BCUT2D eigenvalue weighted by atomic mass is 16.5. The van der Waals surface area contributed by atoms with Gasteiger partial charge >= 0.3 is 0 Å². The third-order valence-electron chi connectivity index (χ3n) is 4.69. The first-order valence-corrected chi connectivity index (χ1v) is 9.59. The molecule has 28 heavy (non-hydrogen) atoms. The standard InChI is InChI=1S/C20H29N3O5/c1-5-8-23(9-6-2)10-7-21-19(25)17-18(24)13-11-15(27-3)16(28-4)12-14(13)22-20(17)26/h11-12H,5-10H2,1-4H3,(H,21,25)(H2,22,24,26)/p+1. The molecule has 1 aromatic carbocycles. The van der Waals surface area contributed by atoms with E-state index in [2.05, 4.69) is 24.1 Å². The Bertz CT molecular complexity index is 872. The number of aromatic nitrogens is 1. The maximum Gasteiger partial charge on any atom is 0.265 e. The van der Waals surface area contributed by atoms with Crippen LogP contribution in [0.25, 0.3) is 10.9 Å². The second-order valence-electron chi connectivity index (χ2n) is 6.69. The minimum absolute atomic E-state index is 0.299. The molecule has 0 saturated carbocycles. The van der Waals surface area contributed by atoms with Crippen LogP contribution in [-0.4, -0.2) is 56.4 Å². The van der Waals surface area contributed by atoms with Crippen molar-refractivity contribution >= 4 is 16.8 Å².